The molecule has 1 aliphatic heterocycles. The standard InChI is InChI=1S/C27H29F3N6O5/c1-40-24-23(3-2-10-31-24)33-25(38)32-18-4-6-19(7-5-18)35-11-13-36(14-12-35)26(39)34-22-9-8-20(41-16-15-37)17-21(22)27(28,29)30/h2-10,17,37H,11-16H2,1H3,(H,34,39)(H2,32,33,38). The van der Waals surface area contributed by atoms with Crippen LogP contribution in [0.2, 0.25) is 0 Å². The number of anilines is 4. The number of methoxy groups -OCH3 is 1. The molecule has 0 saturated carbocycles. The van der Waals surface area contributed by atoms with Crippen molar-refractivity contribution in [2.75, 3.05) is 67.4 Å². The van der Waals surface area contributed by atoms with E-state index in [1.807, 2.05) is 17.0 Å². The lowest BCUT2D eigenvalue weighted by molar-refractivity contribution is -0.137. The lowest BCUT2D eigenvalue weighted by atomic mass is 10.1. The zero-order valence-corrected chi connectivity index (χ0v) is 22.1. The Labute approximate surface area is 233 Å². The zero-order chi connectivity index (χ0) is 29.4. The number of carbonyl (C=O) groups is 2. The molecule has 4 amide bonds. The number of halogens is 3. The van der Waals surface area contributed by atoms with Gasteiger partial charge in [0.05, 0.1) is 25.0 Å². The predicted octanol–water partition coefficient (Wildman–Crippen LogP) is 4.48. The van der Waals surface area contributed by atoms with Crippen LogP contribution in [0.5, 0.6) is 11.6 Å². The largest absolute Gasteiger partial charge is 0.491 e. The van der Waals surface area contributed by atoms with Crippen LogP contribution in [0.15, 0.2) is 60.8 Å². The monoisotopic (exact) mass is 574 g/mol. The second-order valence-electron chi connectivity index (χ2n) is 8.87. The second-order valence-corrected chi connectivity index (χ2v) is 8.87. The van der Waals surface area contributed by atoms with Gasteiger partial charge in [-0.25, -0.2) is 14.6 Å². The van der Waals surface area contributed by atoms with Crippen LogP contribution in [-0.2, 0) is 6.18 Å². The molecular formula is C27H29F3N6O5. The lowest BCUT2D eigenvalue weighted by Crippen LogP contribution is -2.50. The number of ether oxygens (including phenoxy) is 2. The van der Waals surface area contributed by atoms with Gasteiger partial charge in [-0.05, 0) is 54.6 Å². The average molecular weight is 575 g/mol. The summed E-state index contributed by atoms with van der Waals surface area (Å²) in [6, 6.07) is 12.6. The molecule has 1 saturated heterocycles. The minimum atomic E-state index is -4.72. The highest BCUT2D eigenvalue weighted by molar-refractivity contribution is 6.00. The van der Waals surface area contributed by atoms with E-state index in [4.69, 9.17) is 14.6 Å². The Kier molecular flexibility index (Phi) is 9.34. The first-order valence-electron chi connectivity index (χ1n) is 12.6. The number of benzene rings is 2. The van der Waals surface area contributed by atoms with Gasteiger partial charge in [0.1, 0.15) is 18.0 Å². The number of alkyl halides is 3. The Morgan fingerprint density at radius 1 is 0.976 bits per heavy atom. The molecule has 3 aromatic rings. The first kappa shape index (κ1) is 29.3. The predicted molar refractivity (Wildman–Crippen MR) is 147 cm³/mol. The highest BCUT2D eigenvalue weighted by Crippen LogP contribution is 2.37. The molecule has 0 radical (unpaired) electrons. The summed E-state index contributed by atoms with van der Waals surface area (Å²) in [5.74, 6) is 0.224. The fraction of sp³-hybridized carbons (Fsp3) is 0.296. The lowest BCUT2D eigenvalue weighted by Gasteiger charge is -2.36. The zero-order valence-electron chi connectivity index (χ0n) is 22.1. The minimum Gasteiger partial charge on any atom is -0.491 e. The van der Waals surface area contributed by atoms with Gasteiger partial charge < -0.3 is 40.3 Å². The molecule has 2 aromatic carbocycles. The number of amides is 4. The fourth-order valence-electron chi connectivity index (χ4n) is 4.17. The summed E-state index contributed by atoms with van der Waals surface area (Å²) in [6.07, 6.45) is -3.17. The molecule has 1 aromatic heterocycles. The van der Waals surface area contributed by atoms with E-state index in [0.717, 1.165) is 17.8 Å². The van der Waals surface area contributed by atoms with Crippen LogP contribution in [0.1, 0.15) is 5.56 Å². The van der Waals surface area contributed by atoms with Crippen LogP contribution in [0.4, 0.5) is 45.5 Å². The van der Waals surface area contributed by atoms with Gasteiger partial charge in [0.2, 0.25) is 5.88 Å². The molecule has 0 aliphatic carbocycles. The van der Waals surface area contributed by atoms with Crippen molar-refractivity contribution in [2.45, 2.75) is 6.18 Å². The van der Waals surface area contributed by atoms with Crippen molar-refractivity contribution in [2.24, 2.45) is 0 Å². The van der Waals surface area contributed by atoms with E-state index in [1.54, 1.807) is 30.5 Å². The van der Waals surface area contributed by atoms with Crippen molar-refractivity contribution < 1.29 is 37.3 Å². The normalized spacial score (nSPS) is 13.4. The second kappa shape index (κ2) is 13.1. The number of aromatic nitrogens is 1. The van der Waals surface area contributed by atoms with Crippen LogP contribution >= 0.6 is 0 Å². The number of nitrogens with zero attached hydrogens (tertiary/aromatic N) is 3. The fourth-order valence-corrected chi connectivity index (χ4v) is 4.17. The summed E-state index contributed by atoms with van der Waals surface area (Å²) >= 11 is 0. The minimum absolute atomic E-state index is 0.0615. The highest BCUT2D eigenvalue weighted by atomic mass is 19.4. The van der Waals surface area contributed by atoms with Crippen molar-refractivity contribution in [1.29, 1.82) is 0 Å². The van der Waals surface area contributed by atoms with Crippen LogP contribution in [0, 0.1) is 0 Å². The van der Waals surface area contributed by atoms with Crippen molar-refractivity contribution in [3.63, 3.8) is 0 Å². The summed E-state index contributed by atoms with van der Waals surface area (Å²) < 4.78 is 51.0. The molecule has 1 fully saturated rings. The quantitative estimate of drug-likeness (QED) is 0.312. The first-order valence-corrected chi connectivity index (χ1v) is 12.6. The molecule has 4 rings (SSSR count). The summed E-state index contributed by atoms with van der Waals surface area (Å²) in [5.41, 5.74) is 0.421. The Balaban J connectivity index is 1.30. The number of carbonyl (C=O) groups excluding carboxylic acids is 2. The number of aliphatic hydroxyl groups is 1. The molecule has 0 bridgehead atoms. The maximum Gasteiger partial charge on any atom is 0.418 e. The maximum atomic E-state index is 13.6. The van der Waals surface area contributed by atoms with E-state index in [1.165, 1.54) is 18.1 Å². The number of hydrogen-bond acceptors (Lipinski definition) is 7. The van der Waals surface area contributed by atoms with E-state index >= 15 is 0 Å². The number of urea groups is 2. The number of rotatable bonds is 8. The number of piperazine rings is 1. The molecule has 14 heteroatoms. The summed E-state index contributed by atoms with van der Waals surface area (Å²) in [5, 5.41) is 16.6. The molecule has 4 N–H and O–H groups in total. The van der Waals surface area contributed by atoms with Crippen LogP contribution in [0.25, 0.3) is 0 Å². The Bertz CT molecular complexity index is 1350. The van der Waals surface area contributed by atoms with Crippen LogP contribution < -0.4 is 30.3 Å². The van der Waals surface area contributed by atoms with Gasteiger partial charge in [-0.1, -0.05) is 0 Å². The third kappa shape index (κ3) is 7.69. The third-order valence-corrected chi connectivity index (χ3v) is 6.17. The smallest absolute Gasteiger partial charge is 0.418 e. The van der Waals surface area contributed by atoms with Crippen LogP contribution in [0.3, 0.4) is 0 Å². The van der Waals surface area contributed by atoms with Crippen molar-refractivity contribution >= 4 is 34.8 Å². The molecule has 0 atom stereocenters. The van der Waals surface area contributed by atoms with Crippen LogP contribution in [-0.4, -0.2) is 73.6 Å². The van der Waals surface area contributed by atoms with E-state index in [0.29, 0.717) is 37.6 Å². The number of aliphatic hydroxyl groups excluding tert-OH is 1. The van der Waals surface area contributed by atoms with Crippen molar-refractivity contribution in [3.8, 4) is 11.6 Å². The van der Waals surface area contributed by atoms with Gasteiger partial charge in [0.15, 0.2) is 0 Å². The van der Waals surface area contributed by atoms with Gasteiger partial charge in [-0.3, -0.25) is 0 Å². The Hall–Kier alpha value is -4.72. The van der Waals surface area contributed by atoms with Gasteiger partial charge in [-0.2, -0.15) is 13.2 Å². The number of nitrogens with one attached hydrogen (secondary N) is 3. The van der Waals surface area contributed by atoms with E-state index in [2.05, 4.69) is 20.9 Å². The molecule has 0 spiro atoms. The SMILES string of the molecule is COc1ncccc1NC(=O)Nc1ccc(N2CCN(C(=O)Nc3ccc(OCCO)cc3C(F)(F)F)CC2)cc1. The number of pyridine rings is 1. The van der Waals surface area contributed by atoms with Crippen molar-refractivity contribution in [3.05, 3.63) is 66.4 Å². The summed E-state index contributed by atoms with van der Waals surface area (Å²) in [4.78, 5) is 32.6. The molecule has 1 aliphatic rings. The Morgan fingerprint density at radius 3 is 2.37 bits per heavy atom. The summed E-state index contributed by atoms with van der Waals surface area (Å²) in [7, 11) is 1.45. The molecule has 11 nitrogen and oxygen atoms in total. The molecule has 41 heavy (non-hydrogen) atoms. The summed E-state index contributed by atoms with van der Waals surface area (Å²) in [6.45, 7) is 1.01. The van der Waals surface area contributed by atoms with Gasteiger partial charge >= 0.3 is 18.2 Å². The van der Waals surface area contributed by atoms with Crippen molar-refractivity contribution in [1.82, 2.24) is 9.88 Å². The molecular weight excluding hydrogens is 545 g/mol. The van der Waals surface area contributed by atoms with Gasteiger partial charge in [0.25, 0.3) is 0 Å². The average Bonchev–Trinajstić information content (AvgIpc) is 2.96. The third-order valence-electron chi connectivity index (χ3n) is 6.17. The van der Waals surface area contributed by atoms with E-state index in [9.17, 15) is 22.8 Å². The highest BCUT2D eigenvalue weighted by Gasteiger charge is 2.35. The topological polar surface area (TPSA) is 128 Å². The molecule has 2 heterocycles. The first-order chi connectivity index (χ1) is 19.7. The number of hydrogen-bond donors (Lipinski definition) is 4. The maximum absolute atomic E-state index is 13.6. The van der Waals surface area contributed by atoms with E-state index in [-0.39, 0.29) is 30.5 Å². The van der Waals surface area contributed by atoms with Gasteiger partial charge in [0, 0.05) is 43.8 Å². The molecule has 218 valence electrons. The Morgan fingerprint density at radius 2 is 1.71 bits per heavy atom. The van der Waals surface area contributed by atoms with Gasteiger partial charge in [-0.15, -0.1) is 0 Å². The molecule has 0 unspecified atom stereocenters. The van der Waals surface area contributed by atoms with E-state index < -0.39 is 23.8 Å².